The number of rotatable bonds is 4. The highest BCUT2D eigenvalue weighted by molar-refractivity contribution is 5.29. The molecule has 82 valence electrons. The van der Waals surface area contributed by atoms with E-state index in [1.165, 1.54) is 13.2 Å². The SMILES string of the molecule is C=C(/C=C(F)\C(=C/C)CC)OC.CC. The van der Waals surface area contributed by atoms with E-state index in [-0.39, 0.29) is 5.83 Å². The van der Waals surface area contributed by atoms with Gasteiger partial charge >= 0.3 is 0 Å². The van der Waals surface area contributed by atoms with Gasteiger partial charge in [0.25, 0.3) is 0 Å². The second-order valence-electron chi connectivity index (χ2n) is 2.33. The summed E-state index contributed by atoms with van der Waals surface area (Å²) >= 11 is 0. The Hall–Kier alpha value is -1.05. The van der Waals surface area contributed by atoms with E-state index in [0.29, 0.717) is 17.8 Å². The maximum atomic E-state index is 13.2. The number of allylic oxidation sites excluding steroid dienone is 4. The lowest BCUT2D eigenvalue weighted by Gasteiger charge is -2.01. The van der Waals surface area contributed by atoms with Crippen LogP contribution in [0, 0.1) is 0 Å². The minimum atomic E-state index is -0.271. The molecule has 14 heavy (non-hydrogen) atoms. The van der Waals surface area contributed by atoms with Gasteiger partial charge in [-0.05, 0) is 18.9 Å². The zero-order valence-electron chi connectivity index (χ0n) is 9.86. The molecule has 0 aliphatic carbocycles. The van der Waals surface area contributed by atoms with E-state index in [4.69, 9.17) is 4.74 Å². The number of halogens is 1. The molecular formula is C12H21FO. The van der Waals surface area contributed by atoms with Crippen molar-refractivity contribution in [2.75, 3.05) is 7.11 Å². The van der Waals surface area contributed by atoms with Crippen molar-refractivity contribution in [2.24, 2.45) is 0 Å². The fourth-order valence-corrected chi connectivity index (χ4v) is 0.804. The summed E-state index contributed by atoms with van der Waals surface area (Å²) in [6.45, 7) is 11.2. The summed E-state index contributed by atoms with van der Waals surface area (Å²) < 4.78 is 17.9. The van der Waals surface area contributed by atoms with Crippen molar-refractivity contribution in [3.05, 3.63) is 35.9 Å². The van der Waals surface area contributed by atoms with E-state index in [2.05, 4.69) is 6.58 Å². The van der Waals surface area contributed by atoms with Gasteiger partial charge in [-0.1, -0.05) is 33.4 Å². The van der Waals surface area contributed by atoms with Crippen LogP contribution in [0.25, 0.3) is 0 Å². The maximum Gasteiger partial charge on any atom is 0.129 e. The van der Waals surface area contributed by atoms with E-state index in [1.807, 2.05) is 27.7 Å². The van der Waals surface area contributed by atoms with Gasteiger partial charge in [0.05, 0.1) is 7.11 Å². The highest BCUT2D eigenvalue weighted by atomic mass is 19.1. The summed E-state index contributed by atoms with van der Waals surface area (Å²) in [4.78, 5) is 0. The standard InChI is InChI=1S/C10H15FO.C2H6/c1-5-9(6-2)10(11)7-8(3)12-4;1-2/h5,7H,3,6H2,1-2,4H3;1-2H3/b9-5-,10-7+;. The van der Waals surface area contributed by atoms with Crippen LogP contribution in [-0.2, 0) is 4.74 Å². The molecule has 0 N–H and O–H groups in total. The molecule has 0 rings (SSSR count). The number of hydrogen-bond donors (Lipinski definition) is 0. The normalized spacial score (nSPS) is 11.6. The van der Waals surface area contributed by atoms with Crippen molar-refractivity contribution in [3.63, 3.8) is 0 Å². The molecule has 0 atom stereocenters. The molecule has 0 aromatic carbocycles. The lowest BCUT2D eigenvalue weighted by molar-refractivity contribution is 0.307. The third kappa shape index (κ3) is 6.46. The van der Waals surface area contributed by atoms with Crippen molar-refractivity contribution in [1.29, 1.82) is 0 Å². The molecular weight excluding hydrogens is 179 g/mol. The largest absolute Gasteiger partial charge is 0.497 e. The first-order valence-corrected chi connectivity index (χ1v) is 4.91. The molecule has 0 unspecified atom stereocenters. The van der Waals surface area contributed by atoms with Crippen LogP contribution in [0.2, 0.25) is 0 Å². The van der Waals surface area contributed by atoms with Gasteiger partial charge in [0.1, 0.15) is 11.6 Å². The van der Waals surface area contributed by atoms with Gasteiger partial charge in [-0.25, -0.2) is 4.39 Å². The maximum absolute atomic E-state index is 13.2. The van der Waals surface area contributed by atoms with Crippen molar-refractivity contribution in [3.8, 4) is 0 Å². The molecule has 0 saturated heterocycles. The molecule has 2 heteroatoms. The second kappa shape index (κ2) is 10.0. The number of hydrogen-bond acceptors (Lipinski definition) is 1. The smallest absolute Gasteiger partial charge is 0.129 e. The van der Waals surface area contributed by atoms with E-state index >= 15 is 0 Å². The summed E-state index contributed by atoms with van der Waals surface area (Å²) in [5.74, 6) is 0.0622. The Kier molecular flexibility index (Phi) is 11.1. The zero-order chi connectivity index (χ0) is 11.6. The van der Waals surface area contributed by atoms with Gasteiger partial charge in [0.2, 0.25) is 0 Å². The summed E-state index contributed by atoms with van der Waals surface area (Å²) in [5.41, 5.74) is 0.674. The Labute approximate surface area is 87.0 Å². The molecule has 0 bridgehead atoms. The highest BCUT2D eigenvalue weighted by Gasteiger charge is 2.00. The summed E-state index contributed by atoms with van der Waals surface area (Å²) in [6.07, 6.45) is 3.71. The van der Waals surface area contributed by atoms with Crippen LogP contribution in [0.3, 0.4) is 0 Å². The molecule has 1 nitrogen and oxygen atoms in total. The first-order valence-electron chi connectivity index (χ1n) is 4.91. The summed E-state index contributed by atoms with van der Waals surface area (Å²) in [5, 5.41) is 0. The van der Waals surface area contributed by atoms with Gasteiger partial charge in [-0.3, -0.25) is 0 Å². The average Bonchev–Trinajstić information content (AvgIpc) is 2.22. The topological polar surface area (TPSA) is 9.23 Å². The van der Waals surface area contributed by atoms with Crippen molar-refractivity contribution in [2.45, 2.75) is 34.1 Å². The highest BCUT2D eigenvalue weighted by Crippen LogP contribution is 2.16. The van der Waals surface area contributed by atoms with Crippen molar-refractivity contribution >= 4 is 0 Å². The quantitative estimate of drug-likeness (QED) is 0.483. The molecule has 0 spiro atoms. The lowest BCUT2D eigenvalue weighted by Crippen LogP contribution is -1.85. The molecule has 0 aromatic heterocycles. The molecule has 0 heterocycles. The molecule has 0 radical (unpaired) electrons. The van der Waals surface area contributed by atoms with Crippen LogP contribution in [0.4, 0.5) is 4.39 Å². The zero-order valence-corrected chi connectivity index (χ0v) is 9.86. The van der Waals surface area contributed by atoms with E-state index in [9.17, 15) is 4.39 Å². The molecule has 0 saturated carbocycles. The van der Waals surface area contributed by atoms with Gasteiger partial charge in [0.15, 0.2) is 0 Å². The minimum absolute atomic E-state index is 0.271. The molecule has 0 aliphatic heterocycles. The van der Waals surface area contributed by atoms with Gasteiger partial charge < -0.3 is 4.74 Å². The van der Waals surface area contributed by atoms with Gasteiger partial charge in [0, 0.05) is 6.08 Å². The first-order chi connectivity index (χ1) is 6.65. The Balaban J connectivity index is 0. The van der Waals surface area contributed by atoms with E-state index < -0.39 is 0 Å². The molecule has 0 aromatic rings. The van der Waals surface area contributed by atoms with Crippen molar-refractivity contribution < 1.29 is 9.13 Å². The minimum Gasteiger partial charge on any atom is -0.497 e. The Morgan fingerprint density at radius 2 is 1.93 bits per heavy atom. The summed E-state index contributed by atoms with van der Waals surface area (Å²) in [6, 6.07) is 0. The second-order valence-corrected chi connectivity index (χ2v) is 2.33. The fraction of sp³-hybridized carbons (Fsp3) is 0.500. The Bertz CT molecular complexity index is 214. The van der Waals surface area contributed by atoms with Crippen LogP contribution in [0.5, 0.6) is 0 Å². The predicted molar refractivity (Wildman–Crippen MR) is 60.7 cm³/mol. The predicted octanol–water partition coefficient (Wildman–Crippen LogP) is 4.38. The lowest BCUT2D eigenvalue weighted by atomic mass is 10.1. The van der Waals surface area contributed by atoms with Crippen LogP contribution in [0.1, 0.15) is 34.1 Å². The summed E-state index contributed by atoms with van der Waals surface area (Å²) in [7, 11) is 1.47. The van der Waals surface area contributed by atoms with E-state index in [0.717, 1.165) is 0 Å². The van der Waals surface area contributed by atoms with Crippen LogP contribution < -0.4 is 0 Å². The number of ether oxygens (including phenoxy) is 1. The molecule has 0 fully saturated rings. The van der Waals surface area contributed by atoms with E-state index in [1.54, 1.807) is 6.08 Å². The third-order valence-corrected chi connectivity index (χ3v) is 1.59. The van der Waals surface area contributed by atoms with Crippen LogP contribution in [-0.4, -0.2) is 7.11 Å². The first kappa shape index (κ1) is 15.4. The van der Waals surface area contributed by atoms with Gasteiger partial charge in [-0.15, -0.1) is 0 Å². The van der Waals surface area contributed by atoms with Crippen LogP contribution in [0.15, 0.2) is 35.9 Å². The number of methoxy groups -OCH3 is 1. The molecule has 0 aliphatic rings. The Morgan fingerprint density at radius 3 is 2.21 bits per heavy atom. The third-order valence-electron chi connectivity index (χ3n) is 1.59. The monoisotopic (exact) mass is 200 g/mol. The fourth-order valence-electron chi connectivity index (χ4n) is 0.804. The average molecular weight is 200 g/mol. The van der Waals surface area contributed by atoms with Crippen molar-refractivity contribution in [1.82, 2.24) is 0 Å². The van der Waals surface area contributed by atoms with Crippen LogP contribution >= 0.6 is 0 Å². The molecule has 0 amide bonds. The van der Waals surface area contributed by atoms with Gasteiger partial charge in [-0.2, -0.15) is 0 Å². The Morgan fingerprint density at radius 1 is 1.43 bits per heavy atom.